The highest BCUT2D eigenvalue weighted by Crippen LogP contribution is 2.20. The minimum atomic E-state index is -0.536. The Bertz CT molecular complexity index is 623. The second-order valence-corrected chi connectivity index (χ2v) is 6.16. The van der Waals surface area contributed by atoms with Crippen molar-refractivity contribution < 1.29 is 4.79 Å². The Morgan fingerprint density at radius 3 is 2.85 bits per heavy atom. The monoisotopic (exact) mass is 290 g/mol. The van der Waals surface area contributed by atoms with E-state index in [-0.39, 0.29) is 6.04 Å². The lowest BCUT2D eigenvalue weighted by atomic mass is 10.1. The summed E-state index contributed by atoms with van der Waals surface area (Å²) in [4.78, 5) is 18.1. The third-order valence-corrected chi connectivity index (χ3v) is 3.88. The van der Waals surface area contributed by atoms with Gasteiger partial charge in [0.15, 0.2) is 0 Å². The van der Waals surface area contributed by atoms with Gasteiger partial charge >= 0.3 is 0 Å². The summed E-state index contributed by atoms with van der Waals surface area (Å²) in [5.74, 6) is -0.0565. The maximum absolute atomic E-state index is 11.4. The summed E-state index contributed by atoms with van der Waals surface area (Å²) < 4.78 is 0. The summed E-state index contributed by atoms with van der Waals surface area (Å²) in [5, 5.41) is 3.22. The van der Waals surface area contributed by atoms with Crippen molar-refractivity contribution in [2.24, 2.45) is 5.73 Å². The summed E-state index contributed by atoms with van der Waals surface area (Å²) in [7, 11) is 0. The third kappa shape index (κ3) is 3.48. The predicted octanol–water partition coefficient (Wildman–Crippen LogP) is 2.18. The molecule has 2 rings (SSSR count). The van der Waals surface area contributed by atoms with Gasteiger partial charge in [0.05, 0.1) is 17.4 Å². The lowest BCUT2D eigenvalue weighted by Gasteiger charge is -2.15. The first kappa shape index (κ1) is 14.3. The molecule has 0 saturated carbocycles. The van der Waals surface area contributed by atoms with Gasteiger partial charge in [0.25, 0.3) is 5.91 Å². The summed E-state index contributed by atoms with van der Waals surface area (Å²) in [6.45, 7) is 4.12. The molecule has 0 aliphatic heterocycles. The molecule has 0 fully saturated rings. The highest BCUT2D eigenvalue weighted by atomic mass is 32.1. The molecular weight excluding hydrogens is 272 g/mol. The molecule has 5 nitrogen and oxygen atoms in total. The van der Waals surface area contributed by atoms with Crippen molar-refractivity contribution >= 4 is 28.7 Å². The zero-order valence-corrected chi connectivity index (χ0v) is 12.3. The van der Waals surface area contributed by atoms with Crippen molar-refractivity contribution in [3.8, 4) is 0 Å². The fraction of sp³-hybridized carbons (Fsp3) is 0.286. The largest absolute Gasteiger partial charge is 0.397 e. The minimum absolute atomic E-state index is 0.141. The van der Waals surface area contributed by atoms with Crippen molar-refractivity contribution in [1.29, 1.82) is 0 Å². The molecule has 1 atom stereocenters. The fourth-order valence-electron chi connectivity index (χ4n) is 1.96. The van der Waals surface area contributed by atoms with Crippen molar-refractivity contribution in [1.82, 2.24) is 4.98 Å². The van der Waals surface area contributed by atoms with E-state index in [9.17, 15) is 4.79 Å². The number of thiophene rings is 1. The molecule has 6 heteroatoms. The number of hydrogen-bond acceptors (Lipinski definition) is 5. The van der Waals surface area contributed by atoms with Crippen molar-refractivity contribution in [2.45, 2.75) is 26.3 Å². The smallest absolute Gasteiger partial charge is 0.252 e. The number of nitrogens with one attached hydrogen (secondary N) is 1. The Morgan fingerprint density at radius 2 is 2.25 bits per heavy atom. The van der Waals surface area contributed by atoms with Gasteiger partial charge in [0.2, 0.25) is 0 Å². The number of carbonyl (C=O) groups excluding carboxylic acids is 1. The lowest BCUT2D eigenvalue weighted by molar-refractivity contribution is 0.100. The van der Waals surface area contributed by atoms with Crippen molar-refractivity contribution in [3.63, 3.8) is 0 Å². The van der Waals surface area contributed by atoms with E-state index in [4.69, 9.17) is 11.5 Å². The summed E-state index contributed by atoms with van der Waals surface area (Å²) in [6, 6.07) is 5.90. The van der Waals surface area contributed by atoms with Gasteiger partial charge in [0, 0.05) is 22.2 Å². The highest BCUT2D eigenvalue weighted by Gasteiger charge is 2.13. The highest BCUT2D eigenvalue weighted by molar-refractivity contribution is 7.11. The number of nitrogens with two attached hydrogens (primary N) is 2. The van der Waals surface area contributed by atoms with E-state index in [0.717, 1.165) is 6.42 Å². The molecule has 1 unspecified atom stereocenters. The molecule has 106 valence electrons. The molecule has 0 saturated heterocycles. The van der Waals surface area contributed by atoms with Gasteiger partial charge < -0.3 is 16.8 Å². The van der Waals surface area contributed by atoms with Crippen LogP contribution in [0.15, 0.2) is 24.4 Å². The van der Waals surface area contributed by atoms with E-state index >= 15 is 0 Å². The van der Waals surface area contributed by atoms with Gasteiger partial charge in [-0.05, 0) is 32.0 Å². The summed E-state index contributed by atoms with van der Waals surface area (Å²) in [6.07, 6.45) is 2.37. The number of nitrogens with zero attached hydrogens (tertiary/aromatic N) is 1. The zero-order chi connectivity index (χ0) is 14.7. The number of rotatable bonds is 5. The van der Waals surface area contributed by atoms with Crippen LogP contribution in [0, 0.1) is 6.92 Å². The van der Waals surface area contributed by atoms with E-state index in [0.29, 0.717) is 17.1 Å². The van der Waals surface area contributed by atoms with Crippen LogP contribution in [0.2, 0.25) is 0 Å². The third-order valence-electron chi connectivity index (χ3n) is 2.86. The van der Waals surface area contributed by atoms with Gasteiger partial charge in [-0.15, -0.1) is 11.3 Å². The first-order valence-electron chi connectivity index (χ1n) is 6.33. The number of anilines is 2. The summed E-state index contributed by atoms with van der Waals surface area (Å²) >= 11 is 1.77. The molecule has 0 aromatic carbocycles. The molecule has 2 aromatic heterocycles. The molecule has 1 amide bonds. The average molecular weight is 290 g/mol. The van der Waals surface area contributed by atoms with E-state index in [1.807, 2.05) is 6.92 Å². The number of nitrogen functional groups attached to an aromatic ring is 1. The van der Waals surface area contributed by atoms with E-state index in [1.54, 1.807) is 17.4 Å². The first-order chi connectivity index (χ1) is 9.45. The minimum Gasteiger partial charge on any atom is -0.397 e. The first-order valence-corrected chi connectivity index (χ1v) is 7.14. The van der Waals surface area contributed by atoms with Crippen LogP contribution in [-0.4, -0.2) is 16.9 Å². The standard InChI is InChI=1S/C14H18N4OS/c1-8(5-11-4-3-9(2)20-11)18-14-12(13(16)19)6-10(15)7-17-14/h3-4,6-8H,5,15H2,1-2H3,(H2,16,19)(H,17,18). The number of hydrogen-bond donors (Lipinski definition) is 3. The quantitative estimate of drug-likeness (QED) is 0.786. The average Bonchev–Trinajstić information content (AvgIpc) is 2.76. The number of amides is 1. The molecular formula is C14H18N4OS. The molecule has 2 aromatic rings. The van der Waals surface area contributed by atoms with Crippen LogP contribution < -0.4 is 16.8 Å². The molecule has 2 heterocycles. The Labute approximate surface area is 122 Å². The molecule has 0 aliphatic carbocycles. The molecule has 0 bridgehead atoms. The number of pyridine rings is 1. The van der Waals surface area contributed by atoms with Crippen molar-refractivity contribution in [2.75, 3.05) is 11.1 Å². The van der Waals surface area contributed by atoms with Crippen molar-refractivity contribution in [3.05, 3.63) is 39.7 Å². The van der Waals surface area contributed by atoms with Gasteiger partial charge in [-0.3, -0.25) is 4.79 Å². The van der Waals surface area contributed by atoms with Crippen LogP contribution in [0.5, 0.6) is 0 Å². The zero-order valence-electron chi connectivity index (χ0n) is 11.5. The van der Waals surface area contributed by atoms with Crippen LogP contribution in [-0.2, 0) is 6.42 Å². The van der Waals surface area contributed by atoms with Crippen LogP contribution in [0.25, 0.3) is 0 Å². The number of aryl methyl sites for hydroxylation is 1. The maximum Gasteiger partial charge on any atom is 0.252 e. The number of carbonyl (C=O) groups is 1. The van der Waals surface area contributed by atoms with E-state index < -0.39 is 5.91 Å². The second kappa shape index (κ2) is 5.92. The molecule has 0 spiro atoms. The van der Waals surface area contributed by atoms with Gasteiger partial charge in [0.1, 0.15) is 5.82 Å². The molecule has 0 aliphatic rings. The van der Waals surface area contributed by atoms with Crippen LogP contribution in [0.4, 0.5) is 11.5 Å². The summed E-state index contributed by atoms with van der Waals surface area (Å²) in [5.41, 5.74) is 11.7. The number of aromatic nitrogens is 1. The SMILES string of the molecule is Cc1ccc(CC(C)Nc2ncc(N)cc2C(N)=O)s1. The second-order valence-electron chi connectivity index (χ2n) is 4.79. The van der Waals surface area contributed by atoms with Gasteiger partial charge in [-0.25, -0.2) is 4.98 Å². The molecule has 0 radical (unpaired) electrons. The topological polar surface area (TPSA) is 94.0 Å². The fourth-order valence-corrected chi connectivity index (χ4v) is 2.98. The Hall–Kier alpha value is -2.08. The van der Waals surface area contributed by atoms with Crippen LogP contribution in [0.3, 0.4) is 0 Å². The van der Waals surface area contributed by atoms with Gasteiger partial charge in [-0.1, -0.05) is 0 Å². The van der Waals surface area contributed by atoms with Crippen LogP contribution in [0.1, 0.15) is 27.0 Å². The Balaban J connectivity index is 2.11. The van der Waals surface area contributed by atoms with E-state index in [2.05, 4.69) is 29.4 Å². The van der Waals surface area contributed by atoms with Gasteiger partial charge in [-0.2, -0.15) is 0 Å². The molecule has 20 heavy (non-hydrogen) atoms. The lowest BCUT2D eigenvalue weighted by Crippen LogP contribution is -2.22. The normalized spacial score (nSPS) is 12.1. The Kier molecular flexibility index (Phi) is 4.24. The van der Waals surface area contributed by atoms with E-state index in [1.165, 1.54) is 16.0 Å². The maximum atomic E-state index is 11.4. The Morgan fingerprint density at radius 1 is 1.50 bits per heavy atom. The number of primary amides is 1. The predicted molar refractivity (Wildman–Crippen MR) is 83.0 cm³/mol. The van der Waals surface area contributed by atoms with Crippen LogP contribution >= 0.6 is 11.3 Å². The molecule has 5 N–H and O–H groups in total.